The van der Waals surface area contributed by atoms with E-state index in [1.165, 1.54) is 22.8 Å². The van der Waals surface area contributed by atoms with Crippen molar-refractivity contribution in [3.63, 3.8) is 0 Å². The number of carbonyl (C=O) groups is 1. The zero-order chi connectivity index (χ0) is 13.6. The lowest BCUT2D eigenvalue weighted by molar-refractivity contribution is -0.140. The van der Waals surface area contributed by atoms with Gasteiger partial charge in [-0.3, -0.25) is 4.79 Å². The monoisotopic (exact) mass is 279 g/mol. The van der Waals surface area contributed by atoms with E-state index in [9.17, 15) is 13.2 Å². The van der Waals surface area contributed by atoms with Crippen molar-refractivity contribution < 1.29 is 17.9 Å². The van der Waals surface area contributed by atoms with Gasteiger partial charge in [-0.15, -0.1) is 0 Å². The van der Waals surface area contributed by atoms with Crippen LogP contribution in [-0.2, 0) is 19.7 Å². The Labute approximate surface area is 108 Å². The van der Waals surface area contributed by atoms with E-state index in [0.717, 1.165) is 0 Å². The Kier molecular flexibility index (Phi) is 6.00. The number of rotatable bonds is 6. The molecule has 1 aliphatic rings. The molecule has 8 heteroatoms. The summed E-state index contributed by atoms with van der Waals surface area (Å²) in [4.78, 5) is 10.9. The molecule has 1 rings (SSSR count). The lowest BCUT2D eigenvalue weighted by Gasteiger charge is -2.30. The Hall–Kier alpha value is -0.700. The molecule has 1 heterocycles. The van der Waals surface area contributed by atoms with Crippen LogP contribution in [0.2, 0.25) is 0 Å². The molecule has 18 heavy (non-hydrogen) atoms. The topological polar surface area (TPSA) is 79.0 Å². The van der Waals surface area contributed by atoms with Gasteiger partial charge in [0.05, 0.1) is 7.11 Å². The average molecular weight is 279 g/mol. The lowest BCUT2D eigenvalue weighted by atomic mass is 10.3. The molecule has 1 N–H and O–H groups in total. The second-order valence-corrected chi connectivity index (χ2v) is 6.19. The van der Waals surface area contributed by atoms with Crippen LogP contribution in [0.25, 0.3) is 0 Å². The first-order valence-corrected chi connectivity index (χ1v) is 7.37. The third-order valence-electron chi connectivity index (χ3n) is 2.88. The summed E-state index contributed by atoms with van der Waals surface area (Å²) in [5.74, 6) is -0.317. The number of esters is 1. The molecule has 7 nitrogen and oxygen atoms in total. The van der Waals surface area contributed by atoms with Gasteiger partial charge >= 0.3 is 5.97 Å². The molecule has 0 atom stereocenters. The molecule has 1 fully saturated rings. The highest BCUT2D eigenvalue weighted by molar-refractivity contribution is 7.86. The molecular weight excluding hydrogens is 258 g/mol. The van der Waals surface area contributed by atoms with Crippen LogP contribution in [0.15, 0.2) is 0 Å². The number of hydrogen-bond acceptors (Lipinski definition) is 5. The van der Waals surface area contributed by atoms with E-state index in [1.54, 1.807) is 0 Å². The molecule has 0 saturated carbocycles. The van der Waals surface area contributed by atoms with Crippen molar-refractivity contribution in [1.29, 1.82) is 0 Å². The van der Waals surface area contributed by atoms with E-state index in [2.05, 4.69) is 10.1 Å². The quantitative estimate of drug-likeness (QED) is 0.632. The second-order valence-electron chi connectivity index (χ2n) is 4.16. The van der Waals surface area contributed by atoms with E-state index < -0.39 is 10.2 Å². The first-order valence-electron chi connectivity index (χ1n) is 5.97. The molecule has 0 unspecified atom stereocenters. The van der Waals surface area contributed by atoms with E-state index >= 15 is 0 Å². The maximum Gasteiger partial charge on any atom is 0.305 e. The van der Waals surface area contributed by atoms with Crippen molar-refractivity contribution in [1.82, 2.24) is 13.9 Å². The minimum absolute atomic E-state index is 0.234. The SMILES string of the molecule is COC(=O)CCCN(C)S(=O)(=O)N1CCNCC1. The highest BCUT2D eigenvalue weighted by atomic mass is 32.2. The number of nitrogens with one attached hydrogen (secondary N) is 1. The van der Waals surface area contributed by atoms with Crippen LogP contribution < -0.4 is 5.32 Å². The van der Waals surface area contributed by atoms with Crippen molar-refractivity contribution in [2.24, 2.45) is 0 Å². The molecule has 1 saturated heterocycles. The van der Waals surface area contributed by atoms with Gasteiger partial charge in [-0.1, -0.05) is 0 Å². The predicted octanol–water partition coefficient (Wildman–Crippen LogP) is -0.979. The summed E-state index contributed by atoms with van der Waals surface area (Å²) in [5.41, 5.74) is 0. The molecular formula is C10H21N3O4S. The molecule has 0 bridgehead atoms. The van der Waals surface area contributed by atoms with Gasteiger partial charge in [0.15, 0.2) is 0 Å². The first kappa shape index (κ1) is 15.4. The third kappa shape index (κ3) is 4.20. The number of ether oxygens (including phenoxy) is 1. The summed E-state index contributed by atoms with van der Waals surface area (Å²) in [6, 6.07) is 0. The Bertz CT molecular complexity index is 365. The third-order valence-corrected chi connectivity index (χ3v) is 4.87. The fourth-order valence-electron chi connectivity index (χ4n) is 1.74. The van der Waals surface area contributed by atoms with Crippen molar-refractivity contribution >= 4 is 16.2 Å². The maximum atomic E-state index is 12.1. The molecule has 0 aliphatic carbocycles. The molecule has 0 aromatic rings. The van der Waals surface area contributed by atoms with E-state index in [-0.39, 0.29) is 12.4 Å². The maximum absolute atomic E-state index is 12.1. The predicted molar refractivity (Wildman–Crippen MR) is 67.2 cm³/mol. The summed E-state index contributed by atoms with van der Waals surface area (Å²) < 4.78 is 31.5. The minimum atomic E-state index is -3.39. The van der Waals surface area contributed by atoms with E-state index in [4.69, 9.17) is 0 Å². The van der Waals surface area contributed by atoms with Crippen LogP contribution in [-0.4, -0.2) is 69.9 Å². The Morgan fingerprint density at radius 2 is 2.00 bits per heavy atom. The van der Waals surface area contributed by atoms with Crippen LogP contribution >= 0.6 is 0 Å². The van der Waals surface area contributed by atoms with Gasteiger partial charge in [0.1, 0.15) is 0 Å². The van der Waals surface area contributed by atoms with Gasteiger partial charge < -0.3 is 10.1 Å². The van der Waals surface area contributed by atoms with E-state index in [0.29, 0.717) is 39.1 Å². The van der Waals surface area contributed by atoms with Gasteiger partial charge in [0.2, 0.25) is 0 Å². The van der Waals surface area contributed by atoms with Gasteiger partial charge in [0, 0.05) is 46.2 Å². The number of piperazine rings is 1. The van der Waals surface area contributed by atoms with Crippen LogP contribution in [0.5, 0.6) is 0 Å². The second kappa shape index (κ2) is 7.03. The molecule has 1 aliphatic heterocycles. The number of nitrogens with zero attached hydrogens (tertiary/aromatic N) is 2. The molecule has 0 aromatic carbocycles. The summed E-state index contributed by atoms with van der Waals surface area (Å²) in [5, 5.41) is 3.11. The van der Waals surface area contributed by atoms with Crippen molar-refractivity contribution in [2.45, 2.75) is 12.8 Å². The number of carbonyl (C=O) groups excluding carboxylic acids is 1. The summed E-state index contributed by atoms with van der Waals surface area (Å²) in [6.45, 7) is 2.65. The normalized spacial score (nSPS) is 17.9. The van der Waals surface area contributed by atoms with E-state index in [1.807, 2.05) is 0 Å². The Morgan fingerprint density at radius 3 is 2.56 bits per heavy atom. The van der Waals surface area contributed by atoms with Crippen LogP contribution in [0.1, 0.15) is 12.8 Å². The molecule has 106 valence electrons. The highest BCUT2D eigenvalue weighted by Gasteiger charge is 2.27. The Balaban J connectivity index is 2.43. The van der Waals surface area contributed by atoms with Crippen LogP contribution in [0.4, 0.5) is 0 Å². The first-order chi connectivity index (χ1) is 8.48. The van der Waals surface area contributed by atoms with Gasteiger partial charge in [-0.2, -0.15) is 17.0 Å². The van der Waals surface area contributed by atoms with Gasteiger partial charge in [-0.05, 0) is 6.42 Å². The summed E-state index contributed by atoms with van der Waals surface area (Å²) >= 11 is 0. The zero-order valence-corrected chi connectivity index (χ0v) is 11.7. The van der Waals surface area contributed by atoms with Crippen LogP contribution in [0.3, 0.4) is 0 Å². The molecule has 0 amide bonds. The average Bonchev–Trinajstić information content (AvgIpc) is 2.39. The fraction of sp³-hybridized carbons (Fsp3) is 0.900. The van der Waals surface area contributed by atoms with Crippen LogP contribution in [0, 0.1) is 0 Å². The minimum Gasteiger partial charge on any atom is -0.469 e. The highest BCUT2D eigenvalue weighted by Crippen LogP contribution is 2.08. The summed E-state index contributed by atoms with van der Waals surface area (Å²) in [6.07, 6.45) is 0.701. The smallest absolute Gasteiger partial charge is 0.305 e. The lowest BCUT2D eigenvalue weighted by Crippen LogP contribution is -2.51. The largest absolute Gasteiger partial charge is 0.469 e. The number of methoxy groups -OCH3 is 1. The molecule has 0 aromatic heterocycles. The van der Waals surface area contributed by atoms with Crippen molar-refractivity contribution in [3.05, 3.63) is 0 Å². The number of hydrogen-bond donors (Lipinski definition) is 1. The fourth-order valence-corrected chi connectivity index (χ4v) is 3.13. The van der Waals surface area contributed by atoms with Gasteiger partial charge in [0.25, 0.3) is 10.2 Å². The van der Waals surface area contributed by atoms with Crippen molar-refractivity contribution in [2.75, 3.05) is 46.9 Å². The zero-order valence-electron chi connectivity index (χ0n) is 10.9. The molecule has 0 radical (unpaired) electrons. The van der Waals surface area contributed by atoms with Crippen molar-refractivity contribution in [3.8, 4) is 0 Å². The standard InChI is InChI=1S/C10H21N3O4S/c1-12(7-3-4-10(14)17-2)18(15,16)13-8-5-11-6-9-13/h11H,3-9H2,1-2H3. The Morgan fingerprint density at radius 1 is 1.39 bits per heavy atom. The van der Waals surface area contributed by atoms with Gasteiger partial charge in [-0.25, -0.2) is 0 Å². The summed E-state index contributed by atoms with van der Waals surface area (Å²) in [7, 11) is -0.533. The molecule has 0 spiro atoms.